The number of hydrogen-bond donors (Lipinski definition) is 1. The van der Waals surface area contributed by atoms with Gasteiger partial charge in [0.25, 0.3) is 0 Å². The van der Waals surface area contributed by atoms with Crippen molar-refractivity contribution in [3.8, 4) is 0 Å². The number of hydrogen-bond acceptors (Lipinski definition) is 2. The normalized spacial score (nSPS) is 35.4. The number of nitrogens with zero attached hydrogens (tertiary/aromatic N) is 1. The Morgan fingerprint density at radius 1 is 1.15 bits per heavy atom. The standard InChI is InChI=1S/C18H36N2/c1-5-17(4)10-12-20(13-11-17)18(14-19)9-7-6-8-16(18)15(2)3/h15-16H,5-14,19H2,1-4H3. The molecule has 2 atom stereocenters. The fourth-order valence-corrected chi connectivity index (χ4v) is 4.82. The third-order valence-corrected chi connectivity index (χ3v) is 6.68. The van der Waals surface area contributed by atoms with Gasteiger partial charge in [0.05, 0.1) is 0 Å². The minimum atomic E-state index is 0.307. The van der Waals surface area contributed by atoms with Crippen LogP contribution in [0.1, 0.15) is 72.6 Å². The predicted octanol–water partition coefficient (Wildman–Crippen LogP) is 4.04. The average Bonchev–Trinajstić information content (AvgIpc) is 2.47. The zero-order chi connectivity index (χ0) is 14.8. The Bertz CT molecular complexity index is 305. The van der Waals surface area contributed by atoms with E-state index in [2.05, 4.69) is 32.6 Å². The maximum absolute atomic E-state index is 6.36. The summed E-state index contributed by atoms with van der Waals surface area (Å²) in [5.74, 6) is 1.56. The first kappa shape index (κ1) is 16.3. The van der Waals surface area contributed by atoms with Gasteiger partial charge in [-0.25, -0.2) is 0 Å². The molecule has 2 rings (SSSR count). The van der Waals surface area contributed by atoms with Gasteiger partial charge in [0.2, 0.25) is 0 Å². The van der Waals surface area contributed by atoms with Crippen molar-refractivity contribution >= 4 is 0 Å². The summed E-state index contributed by atoms with van der Waals surface area (Å²) in [5.41, 5.74) is 7.24. The Morgan fingerprint density at radius 3 is 2.30 bits per heavy atom. The third-order valence-electron chi connectivity index (χ3n) is 6.68. The van der Waals surface area contributed by atoms with Gasteiger partial charge in [0, 0.05) is 12.1 Å². The number of nitrogens with two attached hydrogens (primary N) is 1. The van der Waals surface area contributed by atoms with Crippen LogP contribution in [0.25, 0.3) is 0 Å². The van der Waals surface area contributed by atoms with E-state index in [1.807, 2.05) is 0 Å². The summed E-state index contributed by atoms with van der Waals surface area (Å²) in [6.45, 7) is 13.0. The molecule has 2 fully saturated rings. The second kappa shape index (κ2) is 6.36. The van der Waals surface area contributed by atoms with Gasteiger partial charge in [-0.3, -0.25) is 4.90 Å². The molecule has 118 valence electrons. The Hall–Kier alpha value is -0.0800. The smallest absolute Gasteiger partial charge is 0.0362 e. The first-order chi connectivity index (χ1) is 9.47. The molecule has 0 aromatic heterocycles. The Balaban J connectivity index is 2.14. The molecule has 2 heteroatoms. The van der Waals surface area contributed by atoms with Gasteiger partial charge in [-0.15, -0.1) is 0 Å². The minimum absolute atomic E-state index is 0.307. The lowest BCUT2D eigenvalue weighted by molar-refractivity contribution is -0.0459. The summed E-state index contributed by atoms with van der Waals surface area (Å²) in [5, 5.41) is 0. The van der Waals surface area contributed by atoms with Crippen molar-refractivity contribution in [1.29, 1.82) is 0 Å². The molecule has 0 spiro atoms. The van der Waals surface area contributed by atoms with Crippen LogP contribution in [0.3, 0.4) is 0 Å². The molecule has 1 saturated heterocycles. The second-order valence-electron chi connectivity index (χ2n) is 8.06. The highest BCUT2D eigenvalue weighted by Crippen LogP contribution is 2.45. The van der Waals surface area contributed by atoms with Gasteiger partial charge in [0.1, 0.15) is 0 Å². The molecule has 0 radical (unpaired) electrons. The van der Waals surface area contributed by atoms with Crippen LogP contribution >= 0.6 is 0 Å². The molecule has 2 N–H and O–H groups in total. The second-order valence-corrected chi connectivity index (χ2v) is 8.06. The van der Waals surface area contributed by atoms with Gasteiger partial charge in [0.15, 0.2) is 0 Å². The molecule has 1 aliphatic heterocycles. The SMILES string of the molecule is CCC1(C)CCN(C2(CN)CCCCC2C(C)C)CC1. The summed E-state index contributed by atoms with van der Waals surface area (Å²) in [4.78, 5) is 2.80. The van der Waals surface area contributed by atoms with Crippen LogP contribution in [0.4, 0.5) is 0 Å². The van der Waals surface area contributed by atoms with E-state index in [4.69, 9.17) is 5.73 Å². The monoisotopic (exact) mass is 280 g/mol. The lowest BCUT2D eigenvalue weighted by Gasteiger charge is -2.55. The van der Waals surface area contributed by atoms with E-state index < -0.39 is 0 Å². The van der Waals surface area contributed by atoms with Crippen molar-refractivity contribution in [3.05, 3.63) is 0 Å². The molecule has 2 nitrogen and oxygen atoms in total. The van der Waals surface area contributed by atoms with Gasteiger partial charge < -0.3 is 5.73 Å². The first-order valence-electron chi connectivity index (χ1n) is 8.92. The Morgan fingerprint density at radius 2 is 1.80 bits per heavy atom. The van der Waals surface area contributed by atoms with Crippen LogP contribution in [0.5, 0.6) is 0 Å². The van der Waals surface area contributed by atoms with Crippen LogP contribution < -0.4 is 5.73 Å². The van der Waals surface area contributed by atoms with E-state index >= 15 is 0 Å². The molecule has 1 aliphatic carbocycles. The fourth-order valence-electron chi connectivity index (χ4n) is 4.82. The molecule has 2 unspecified atom stereocenters. The van der Waals surface area contributed by atoms with Crippen LogP contribution in [0, 0.1) is 17.3 Å². The molecule has 0 amide bonds. The minimum Gasteiger partial charge on any atom is -0.329 e. The third kappa shape index (κ3) is 2.92. The Labute approximate surface area is 126 Å². The van der Waals surface area contributed by atoms with Crippen LogP contribution in [-0.2, 0) is 0 Å². The highest BCUT2D eigenvalue weighted by Gasteiger charge is 2.47. The molecule has 0 aromatic carbocycles. The van der Waals surface area contributed by atoms with Crippen molar-refractivity contribution in [2.75, 3.05) is 19.6 Å². The molecule has 1 saturated carbocycles. The lowest BCUT2D eigenvalue weighted by Crippen LogP contribution is -2.63. The summed E-state index contributed by atoms with van der Waals surface area (Å²) in [6.07, 6.45) is 9.54. The lowest BCUT2D eigenvalue weighted by atomic mass is 9.65. The van der Waals surface area contributed by atoms with Crippen molar-refractivity contribution in [3.63, 3.8) is 0 Å². The quantitative estimate of drug-likeness (QED) is 0.842. The fraction of sp³-hybridized carbons (Fsp3) is 1.00. The highest BCUT2D eigenvalue weighted by atomic mass is 15.2. The zero-order valence-corrected chi connectivity index (χ0v) is 14.3. The molecular formula is C18H36N2. The van der Waals surface area contributed by atoms with E-state index in [-0.39, 0.29) is 0 Å². The zero-order valence-electron chi connectivity index (χ0n) is 14.3. The van der Waals surface area contributed by atoms with E-state index in [0.29, 0.717) is 11.0 Å². The summed E-state index contributed by atoms with van der Waals surface area (Å²) in [7, 11) is 0. The molecule has 1 heterocycles. The van der Waals surface area contributed by atoms with Gasteiger partial charge in [-0.05, 0) is 56.0 Å². The van der Waals surface area contributed by atoms with E-state index in [1.54, 1.807) is 0 Å². The molecular weight excluding hydrogens is 244 g/mol. The van der Waals surface area contributed by atoms with E-state index in [9.17, 15) is 0 Å². The number of likely N-dealkylation sites (tertiary alicyclic amines) is 1. The number of piperidine rings is 1. The first-order valence-corrected chi connectivity index (χ1v) is 8.92. The van der Waals surface area contributed by atoms with Crippen molar-refractivity contribution in [1.82, 2.24) is 4.90 Å². The van der Waals surface area contributed by atoms with Crippen molar-refractivity contribution < 1.29 is 0 Å². The molecule has 0 aromatic rings. The van der Waals surface area contributed by atoms with E-state index in [1.165, 1.54) is 58.0 Å². The molecule has 0 bridgehead atoms. The molecule has 20 heavy (non-hydrogen) atoms. The van der Waals surface area contributed by atoms with Crippen molar-refractivity contribution in [2.45, 2.75) is 78.2 Å². The van der Waals surface area contributed by atoms with Crippen LogP contribution in [0.2, 0.25) is 0 Å². The summed E-state index contributed by atoms with van der Waals surface area (Å²) >= 11 is 0. The summed E-state index contributed by atoms with van der Waals surface area (Å²) in [6, 6.07) is 0. The predicted molar refractivity (Wildman–Crippen MR) is 87.8 cm³/mol. The largest absolute Gasteiger partial charge is 0.329 e. The Kier molecular flexibility index (Phi) is 5.18. The summed E-state index contributed by atoms with van der Waals surface area (Å²) < 4.78 is 0. The topological polar surface area (TPSA) is 29.3 Å². The maximum atomic E-state index is 6.36. The molecule has 2 aliphatic rings. The van der Waals surface area contributed by atoms with Gasteiger partial charge in [-0.2, -0.15) is 0 Å². The van der Waals surface area contributed by atoms with Crippen LogP contribution in [-0.4, -0.2) is 30.1 Å². The van der Waals surface area contributed by atoms with Gasteiger partial charge >= 0.3 is 0 Å². The van der Waals surface area contributed by atoms with Gasteiger partial charge in [-0.1, -0.05) is 47.0 Å². The average molecular weight is 280 g/mol. The van der Waals surface area contributed by atoms with Crippen LogP contribution in [0.15, 0.2) is 0 Å². The number of rotatable bonds is 4. The van der Waals surface area contributed by atoms with Crippen molar-refractivity contribution in [2.24, 2.45) is 23.0 Å². The highest BCUT2D eigenvalue weighted by molar-refractivity contribution is 5.02. The van der Waals surface area contributed by atoms with E-state index in [0.717, 1.165) is 18.4 Å². The maximum Gasteiger partial charge on any atom is 0.0362 e.